The van der Waals surface area contributed by atoms with Crippen LogP contribution >= 0.6 is 0 Å². The van der Waals surface area contributed by atoms with Crippen LogP contribution in [0.1, 0.15) is 17.5 Å². The van der Waals surface area contributed by atoms with Crippen molar-refractivity contribution in [3.8, 4) is 0 Å². The van der Waals surface area contributed by atoms with Crippen LogP contribution in [0, 0.1) is 5.82 Å². The van der Waals surface area contributed by atoms with Crippen LogP contribution in [0.15, 0.2) is 66.7 Å². The molecule has 0 spiro atoms. The lowest BCUT2D eigenvalue weighted by Crippen LogP contribution is -2.71. The Kier molecular flexibility index (Phi) is 8.38. The first-order chi connectivity index (χ1) is 18.2. The van der Waals surface area contributed by atoms with Crippen LogP contribution in [0.5, 0.6) is 0 Å². The van der Waals surface area contributed by atoms with Crippen molar-refractivity contribution < 1.29 is 23.5 Å². The van der Waals surface area contributed by atoms with E-state index in [1.54, 1.807) is 21.9 Å². The van der Waals surface area contributed by atoms with Crippen molar-refractivity contribution in [1.82, 2.24) is 9.80 Å². The molecule has 8 nitrogen and oxygen atoms in total. The summed E-state index contributed by atoms with van der Waals surface area (Å²) in [6.07, 6.45) is 0.716. The van der Waals surface area contributed by atoms with Gasteiger partial charge in [-0.1, -0.05) is 54.6 Å². The van der Waals surface area contributed by atoms with Gasteiger partial charge in [0.2, 0.25) is 17.7 Å². The molecule has 0 saturated carbocycles. The van der Waals surface area contributed by atoms with Crippen molar-refractivity contribution in [3.05, 3.63) is 83.7 Å². The second kappa shape index (κ2) is 11.7. The van der Waals surface area contributed by atoms with Crippen LogP contribution in [0.4, 0.5) is 4.39 Å². The number of primary amides is 2. The van der Waals surface area contributed by atoms with Crippen LogP contribution in [0.3, 0.4) is 0 Å². The van der Waals surface area contributed by atoms with Crippen molar-refractivity contribution in [3.63, 3.8) is 0 Å². The number of aryl methyl sites for hydroxylation is 1. The van der Waals surface area contributed by atoms with Gasteiger partial charge in [-0.15, -0.1) is 0 Å². The number of benzene rings is 3. The summed E-state index contributed by atoms with van der Waals surface area (Å²) in [6, 6.07) is 19.2. The lowest BCUT2D eigenvalue weighted by molar-refractivity contribution is -0.149. The lowest BCUT2D eigenvalue weighted by atomic mass is 9.85. The molecule has 1 unspecified atom stereocenters. The first-order valence-electron chi connectivity index (χ1n) is 12.6. The van der Waals surface area contributed by atoms with E-state index in [1.807, 2.05) is 42.5 Å². The van der Waals surface area contributed by atoms with E-state index in [-0.39, 0.29) is 50.8 Å². The first kappa shape index (κ1) is 27.2. The standard InChI is InChI=1S/C29H33FN4O4/c1-38-19-25-18-33(14-15-34(25)26(35)13-9-20-7-11-24(30)12-8-20)29(27(31)36,28(32)37)17-21-6-10-22-4-2-3-5-23(22)16-21/h2-8,10-12,16,25H,9,13-15,17-19H2,1H3,(H2,31,36)(H2,32,37). The zero-order valence-corrected chi connectivity index (χ0v) is 21.4. The predicted molar refractivity (Wildman–Crippen MR) is 142 cm³/mol. The molecule has 1 heterocycles. The lowest BCUT2D eigenvalue weighted by Gasteiger charge is -2.47. The van der Waals surface area contributed by atoms with Gasteiger partial charge >= 0.3 is 0 Å². The minimum atomic E-state index is -1.77. The van der Waals surface area contributed by atoms with Gasteiger partial charge in [-0.2, -0.15) is 0 Å². The highest BCUT2D eigenvalue weighted by molar-refractivity contribution is 6.09. The fraction of sp³-hybridized carbons (Fsp3) is 0.345. The van der Waals surface area contributed by atoms with Gasteiger partial charge in [-0.3, -0.25) is 19.3 Å². The Morgan fingerprint density at radius 1 is 0.947 bits per heavy atom. The molecule has 3 aromatic carbocycles. The van der Waals surface area contributed by atoms with Crippen LogP contribution in [-0.4, -0.2) is 72.5 Å². The first-order valence-corrected chi connectivity index (χ1v) is 12.6. The van der Waals surface area contributed by atoms with Gasteiger partial charge in [0.15, 0.2) is 5.54 Å². The zero-order chi connectivity index (χ0) is 27.3. The number of amides is 3. The average Bonchev–Trinajstić information content (AvgIpc) is 2.91. The average molecular weight is 521 g/mol. The molecule has 3 amide bonds. The molecule has 0 radical (unpaired) electrons. The maximum atomic E-state index is 13.2. The van der Waals surface area contributed by atoms with Crippen molar-refractivity contribution in [1.29, 1.82) is 0 Å². The summed E-state index contributed by atoms with van der Waals surface area (Å²) in [5.74, 6) is -2.07. The molecule has 1 aliphatic heterocycles. The summed E-state index contributed by atoms with van der Waals surface area (Å²) >= 11 is 0. The second-order valence-corrected chi connectivity index (χ2v) is 9.72. The summed E-state index contributed by atoms with van der Waals surface area (Å²) in [7, 11) is 1.53. The normalized spacial score (nSPS) is 16.5. The zero-order valence-electron chi connectivity index (χ0n) is 21.4. The number of carbonyl (C=O) groups is 3. The molecule has 0 bridgehead atoms. The Bertz CT molecular complexity index is 1300. The highest BCUT2D eigenvalue weighted by Crippen LogP contribution is 2.27. The van der Waals surface area contributed by atoms with E-state index >= 15 is 0 Å². The van der Waals surface area contributed by atoms with Crippen molar-refractivity contribution in [2.24, 2.45) is 11.5 Å². The number of ether oxygens (including phenoxy) is 1. The third kappa shape index (κ3) is 5.69. The number of methoxy groups -OCH3 is 1. The van der Waals surface area contributed by atoms with Crippen molar-refractivity contribution >= 4 is 28.5 Å². The number of nitrogens with zero attached hydrogens (tertiary/aromatic N) is 2. The number of fused-ring (bicyclic) bond motifs is 1. The summed E-state index contributed by atoms with van der Waals surface area (Å²) < 4.78 is 18.6. The van der Waals surface area contributed by atoms with E-state index in [9.17, 15) is 18.8 Å². The second-order valence-electron chi connectivity index (χ2n) is 9.72. The number of nitrogens with two attached hydrogens (primary N) is 2. The number of rotatable bonds is 10. The number of halogens is 1. The minimum absolute atomic E-state index is 0.0146. The van der Waals surface area contributed by atoms with Gasteiger partial charge in [0.25, 0.3) is 0 Å². The summed E-state index contributed by atoms with van der Waals surface area (Å²) in [5, 5.41) is 2.01. The monoisotopic (exact) mass is 520 g/mol. The van der Waals surface area contributed by atoms with Gasteiger partial charge in [0, 0.05) is 39.6 Å². The van der Waals surface area contributed by atoms with Gasteiger partial charge < -0.3 is 21.1 Å². The molecule has 4 N–H and O–H groups in total. The molecule has 9 heteroatoms. The fourth-order valence-corrected chi connectivity index (χ4v) is 5.27. The fourth-order valence-electron chi connectivity index (χ4n) is 5.27. The summed E-state index contributed by atoms with van der Waals surface area (Å²) in [6.45, 7) is 0.913. The summed E-state index contributed by atoms with van der Waals surface area (Å²) in [5.41, 5.74) is 11.6. The van der Waals surface area contributed by atoms with Gasteiger partial charge in [0.05, 0.1) is 12.6 Å². The highest BCUT2D eigenvalue weighted by atomic mass is 19.1. The van der Waals surface area contributed by atoms with Crippen LogP contribution in [0.2, 0.25) is 0 Å². The third-order valence-corrected chi connectivity index (χ3v) is 7.33. The van der Waals surface area contributed by atoms with E-state index in [0.717, 1.165) is 21.9 Å². The Hall–Kier alpha value is -3.82. The quantitative estimate of drug-likeness (QED) is 0.397. The van der Waals surface area contributed by atoms with E-state index in [2.05, 4.69) is 0 Å². The van der Waals surface area contributed by atoms with E-state index < -0.39 is 23.4 Å². The SMILES string of the molecule is COCC1CN(C(Cc2ccc3ccccc3c2)(C(N)=O)C(N)=O)CCN1C(=O)CCc1ccc(F)cc1. The van der Waals surface area contributed by atoms with Crippen LogP contribution in [0.25, 0.3) is 10.8 Å². The topological polar surface area (TPSA) is 119 Å². The maximum absolute atomic E-state index is 13.2. The van der Waals surface area contributed by atoms with E-state index in [1.165, 1.54) is 19.2 Å². The van der Waals surface area contributed by atoms with Gasteiger partial charge in [-0.25, -0.2) is 4.39 Å². The Morgan fingerprint density at radius 2 is 1.61 bits per heavy atom. The molecule has 1 aliphatic rings. The molecule has 3 aromatic rings. The largest absolute Gasteiger partial charge is 0.382 e. The number of hydrogen-bond acceptors (Lipinski definition) is 5. The Balaban J connectivity index is 1.55. The van der Waals surface area contributed by atoms with Crippen LogP contribution in [-0.2, 0) is 32.0 Å². The molecule has 200 valence electrons. The molecular weight excluding hydrogens is 487 g/mol. The van der Waals surface area contributed by atoms with Gasteiger partial charge in [-0.05, 0) is 40.5 Å². The maximum Gasteiger partial charge on any atom is 0.248 e. The van der Waals surface area contributed by atoms with Gasteiger partial charge in [0.1, 0.15) is 5.82 Å². The molecule has 1 fully saturated rings. The molecule has 38 heavy (non-hydrogen) atoms. The smallest absolute Gasteiger partial charge is 0.248 e. The number of piperazine rings is 1. The molecular formula is C29H33FN4O4. The predicted octanol–water partition coefficient (Wildman–Crippen LogP) is 2.02. The number of hydrogen-bond donors (Lipinski definition) is 2. The molecule has 0 aliphatic carbocycles. The molecule has 0 aromatic heterocycles. The minimum Gasteiger partial charge on any atom is -0.382 e. The molecule has 4 rings (SSSR count). The van der Waals surface area contributed by atoms with E-state index in [4.69, 9.17) is 16.2 Å². The van der Waals surface area contributed by atoms with Crippen LogP contribution < -0.4 is 11.5 Å². The van der Waals surface area contributed by atoms with Crippen molar-refractivity contribution in [2.75, 3.05) is 33.4 Å². The number of carbonyl (C=O) groups excluding carboxylic acids is 3. The van der Waals surface area contributed by atoms with Crippen molar-refractivity contribution in [2.45, 2.75) is 30.8 Å². The summed E-state index contributed by atoms with van der Waals surface area (Å²) in [4.78, 5) is 42.4. The molecule has 1 saturated heterocycles. The highest BCUT2D eigenvalue weighted by Gasteiger charge is 2.51. The Labute approximate surface area is 221 Å². The molecule has 1 atom stereocenters. The van der Waals surface area contributed by atoms with E-state index in [0.29, 0.717) is 6.42 Å². The third-order valence-electron chi connectivity index (χ3n) is 7.33. The Morgan fingerprint density at radius 3 is 2.26 bits per heavy atom.